The summed E-state index contributed by atoms with van der Waals surface area (Å²) < 4.78 is 21.8. The van der Waals surface area contributed by atoms with Crippen LogP contribution in [0.1, 0.15) is 16.7 Å². The molecule has 1 fully saturated rings. The highest BCUT2D eigenvalue weighted by Crippen LogP contribution is 2.41. The molecule has 3 aromatic carbocycles. The lowest BCUT2D eigenvalue weighted by molar-refractivity contribution is -0.385. The number of halogens is 1. The summed E-state index contributed by atoms with van der Waals surface area (Å²) in [5.41, 5.74) is 1.15. The predicted octanol–water partition coefficient (Wildman–Crippen LogP) is 5.80. The van der Waals surface area contributed by atoms with Crippen molar-refractivity contribution in [2.75, 3.05) is 13.9 Å². The quantitative estimate of drug-likeness (QED) is 0.193. The molecule has 2 amide bonds. The van der Waals surface area contributed by atoms with Gasteiger partial charge in [-0.25, -0.2) is 0 Å². The number of thioether (sulfide) groups is 1. The normalized spacial score (nSPS) is 15.3. The number of rotatable bonds is 8. The third kappa shape index (κ3) is 5.11. The molecule has 2 heterocycles. The largest absolute Gasteiger partial charge is 0.493 e. The lowest BCUT2D eigenvalue weighted by Gasteiger charge is -2.14. The summed E-state index contributed by atoms with van der Waals surface area (Å²) in [4.78, 5) is 38.2. The molecule has 0 atom stereocenters. The lowest BCUT2D eigenvalue weighted by Crippen LogP contribution is -2.27. The SMILES string of the molecule is COc1cc(/C=C2\SC(=O)N(Cc3cc4c(cc3Cl)OCO4)C2=O)c([N+](=O)[O-])cc1OCc1ccccc1. The van der Waals surface area contributed by atoms with Crippen LogP contribution in [0.5, 0.6) is 23.0 Å². The molecule has 2 aliphatic heterocycles. The lowest BCUT2D eigenvalue weighted by atomic mass is 10.1. The molecule has 0 bridgehead atoms. The summed E-state index contributed by atoms with van der Waals surface area (Å²) in [6, 6.07) is 15.1. The summed E-state index contributed by atoms with van der Waals surface area (Å²) in [7, 11) is 1.41. The van der Waals surface area contributed by atoms with Crippen LogP contribution in [0.2, 0.25) is 5.02 Å². The van der Waals surface area contributed by atoms with Gasteiger partial charge in [0.25, 0.3) is 16.8 Å². The van der Waals surface area contributed by atoms with E-state index in [4.69, 9.17) is 30.5 Å². The number of nitrogens with zero attached hydrogens (tertiary/aromatic N) is 2. The van der Waals surface area contributed by atoms with Gasteiger partial charge >= 0.3 is 0 Å². The maximum absolute atomic E-state index is 13.1. The van der Waals surface area contributed by atoms with Gasteiger partial charge in [0.15, 0.2) is 23.0 Å². The second kappa shape index (κ2) is 10.6. The topological polar surface area (TPSA) is 117 Å². The van der Waals surface area contributed by atoms with E-state index in [1.54, 1.807) is 12.1 Å². The second-order valence-electron chi connectivity index (χ2n) is 8.16. The zero-order valence-corrected chi connectivity index (χ0v) is 21.4. The molecule has 0 saturated carbocycles. The second-order valence-corrected chi connectivity index (χ2v) is 9.56. The van der Waals surface area contributed by atoms with E-state index in [9.17, 15) is 19.7 Å². The molecule has 3 aromatic rings. The van der Waals surface area contributed by atoms with Crippen LogP contribution in [-0.2, 0) is 17.9 Å². The van der Waals surface area contributed by atoms with Crippen molar-refractivity contribution in [1.29, 1.82) is 0 Å². The first-order chi connectivity index (χ1) is 18.3. The van der Waals surface area contributed by atoms with E-state index in [0.29, 0.717) is 33.8 Å². The van der Waals surface area contributed by atoms with Crippen molar-refractivity contribution in [1.82, 2.24) is 4.90 Å². The minimum absolute atomic E-state index is 0.0231. The molecule has 10 nitrogen and oxygen atoms in total. The molecule has 0 radical (unpaired) electrons. The fraction of sp³-hybridized carbons (Fsp3) is 0.154. The van der Waals surface area contributed by atoms with Crippen LogP contribution in [0.3, 0.4) is 0 Å². The van der Waals surface area contributed by atoms with Gasteiger partial charge in [-0.15, -0.1) is 0 Å². The zero-order chi connectivity index (χ0) is 26.8. The highest BCUT2D eigenvalue weighted by Gasteiger charge is 2.36. The molecule has 38 heavy (non-hydrogen) atoms. The van der Waals surface area contributed by atoms with Crippen molar-refractivity contribution >= 4 is 46.3 Å². The highest BCUT2D eigenvalue weighted by atomic mass is 35.5. The van der Waals surface area contributed by atoms with Gasteiger partial charge in [0.1, 0.15) is 6.61 Å². The smallest absolute Gasteiger partial charge is 0.293 e. The number of ether oxygens (including phenoxy) is 4. The Hall–Kier alpha value is -4.22. The number of methoxy groups -OCH3 is 1. The minimum Gasteiger partial charge on any atom is -0.493 e. The Morgan fingerprint density at radius 1 is 1.11 bits per heavy atom. The van der Waals surface area contributed by atoms with Gasteiger partial charge < -0.3 is 18.9 Å². The van der Waals surface area contributed by atoms with Crippen molar-refractivity contribution in [3.8, 4) is 23.0 Å². The zero-order valence-electron chi connectivity index (χ0n) is 19.8. The summed E-state index contributed by atoms with van der Waals surface area (Å²) >= 11 is 6.99. The van der Waals surface area contributed by atoms with Crippen LogP contribution in [0, 0.1) is 10.1 Å². The number of carbonyl (C=O) groups excluding carboxylic acids is 2. The molecule has 12 heteroatoms. The molecular weight excluding hydrogens is 536 g/mol. The van der Waals surface area contributed by atoms with Crippen molar-refractivity contribution in [2.24, 2.45) is 0 Å². The number of imide groups is 1. The summed E-state index contributed by atoms with van der Waals surface area (Å²) in [6.07, 6.45) is 1.30. The Morgan fingerprint density at radius 3 is 2.55 bits per heavy atom. The van der Waals surface area contributed by atoms with Gasteiger partial charge in [-0.2, -0.15) is 0 Å². The van der Waals surface area contributed by atoms with Crippen molar-refractivity contribution in [3.05, 3.63) is 91.3 Å². The fourth-order valence-electron chi connectivity index (χ4n) is 3.87. The van der Waals surface area contributed by atoms with Crippen molar-refractivity contribution in [3.63, 3.8) is 0 Å². The number of carbonyl (C=O) groups is 2. The Bertz CT molecular complexity index is 1480. The van der Waals surface area contributed by atoms with Gasteiger partial charge in [-0.3, -0.25) is 24.6 Å². The van der Waals surface area contributed by atoms with Crippen LogP contribution in [-0.4, -0.2) is 34.9 Å². The maximum atomic E-state index is 13.1. The van der Waals surface area contributed by atoms with Gasteiger partial charge in [-0.05, 0) is 41.1 Å². The van der Waals surface area contributed by atoms with Gasteiger partial charge in [0.2, 0.25) is 6.79 Å². The Morgan fingerprint density at radius 2 is 1.84 bits per heavy atom. The molecule has 0 N–H and O–H groups in total. The number of nitro groups is 1. The molecule has 2 aliphatic rings. The third-order valence-corrected chi connectivity index (χ3v) is 7.04. The Balaban J connectivity index is 1.41. The van der Waals surface area contributed by atoms with Gasteiger partial charge in [-0.1, -0.05) is 41.9 Å². The van der Waals surface area contributed by atoms with Crippen molar-refractivity contribution < 1.29 is 33.5 Å². The van der Waals surface area contributed by atoms with E-state index in [1.165, 1.54) is 25.3 Å². The van der Waals surface area contributed by atoms with Crippen LogP contribution in [0.4, 0.5) is 10.5 Å². The Kier molecular flexibility index (Phi) is 7.12. The van der Waals surface area contributed by atoms with Crippen LogP contribution < -0.4 is 18.9 Å². The summed E-state index contributed by atoms with van der Waals surface area (Å²) in [5, 5.41) is 11.7. The maximum Gasteiger partial charge on any atom is 0.293 e. The number of fused-ring (bicyclic) bond motifs is 1. The number of hydrogen-bond donors (Lipinski definition) is 0. The third-order valence-electron chi connectivity index (χ3n) is 5.78. The van der Waals surface area contributed by atoms with E-state index in [1.807, 2.05) is 30.3 Å². The molecule has 0 spiro atoms. The molecule has 0 aromatic heterocycles. The first-order valence-corrected chi connectivity index (χ1v) is 12.4. The van der Waals surface area contributed by atoms with Gasteiger partial charge in [0.05, 0.1) is 35.1 Å². The average molecular weight is 555 g/mol. The first kappa shape index (κ1) is 25.4. The standard InChI is InChI=1S/C26H19ClN2O8S/c1-34-20-7-16(19(29(32)33)11-23(20)35-13-15-5-3-2-4-6-15)9-24-25(30)28(26(31)38-24)12-17-8-21-22(10-18(17)27)37-14-36-21/h2-11H,12-14H2,1H3/b24-9-. The van der Waals surface area contributed by atoms with Crippen LogP contribution in [0.25, 0.3) is 6.08 Å². The molecule has 0 unspecified atom stereocenters. The fourth-order valence-corrected chi connectivity index (χ4v) is 4.92. The van der Waals surface area contributed by atoms with E-state index >= 15 is 0 Å². The first-order valence-electron chi connectivity index (χ1n) is 11.2. The predicted molar refractivity (Wildman–Crippen MR) is 140 cm³/mol. The number of nitro benzene ring substituents is 1. The van der Waals surface area contributed by atoms with Crippen LogP contribution in [0.15, 0.2) is 59.5 Å². The van der Waals surface area contributed by atoms with E-state index < -0.39 is 16.1 Å². The van der Waals surface area contributed by atoms with Crippen molar-refractivity contribution in [2.45, 2.75) is 13.2 Å². The van der Waals surface area contributed by atoms with E-state index in [2.05, 4.69) is 0 Å². The molecule has 5 rings (SSSR count). The molecule has 1 saturated heterocycles. The molecule has 0 aliphatic carbocycles. The summed E-state index contributed by atoms with van der Waals surface area (Å²) in [6.45, 7) is 0.127. The van der Waals surface area contributed by atoms with Crippen LogP contribution >= 0.6 is 23.4 Å². The number of amides is 2. The van der Waals surface area contributed by atoms with Gasteiger partial charge in [0, 0.05) is 11.1 Å². The minimum atomic E-state index is -0.605. The van der Waals surface area contributed by atoms with E-state index in [0.717, 1.165) is 10.5 Å². The number of benzene rings is 3. The van der Waals surface area contributed by atoms with E-state index in [-0.39, 0.29) is 47.6 Å². The number of hydrogen-bond acceptors (Lipinski definition) is 9. The monoisotopic (exact) mass is 554 g/mol. The molecule has 194 valence electrons. The highest BCUT2D eigenvalue weighted by molar-refractivity contribution is 8.18. The summed E-state index contributed by atoms with van der Waals surface area (Å²) in [5.74, 6) is 0.746. The Labute approximate surface area is 225 Å². The molecular formula is C26H19ClN2O8S. The average Bonchev–Trinajstić information content (AvgIpc) is 3.47.